The van der Waals surface area contributed by atoms with E-state index in [2.05, 4.69) is 12.0 Å². The van der Waals surface area contributed by atoms with Gasteiger partial charge < -0.3 is 4.52 Å². The second-order valence-corrected chi connectivity index (χ2v) is 7.39. The molecule has 6 heteroatoms. The molecule has 0 aliphatic heterocycles. The van der Waals surface area contributed by atoms with Crippen molar-refractivity contribution in [3.63, 3.8) is 0 Å². The van der Waals surface area contributed by atoms with Gasteiger partial charge in [0.05, 0.1) is 9.95 Å². The number of hydrogen-bond acceptors (Lipinski definition) is 3. The molecule has 26 heavy (non-hydrogen) atoms. The van der Waals surface area contributed by atoms with E-state index in [4.69, 9.17) is 16.1 Å². The highest BCUT2D eigenvalue weighted by Gasteiger charge is 2.17. The van der Waals surface area contributed by atoms with Gasteiger partial charge >= 0.3 is 0 Å². The van der Waals surface area contributed by atoms with Crippen molar-refractivity contribution in [1.82, 2.24) is 0 Å². The molecular formula is C20H13ClNO3P. The lowest BCUT2D eigenvalue weighted by atomic mass is 10.2. The van der Waals surface area contributed by atoms with Gasteiger partial charge in [0, 0.05) is 16.7 Å². The first-order valence-corrected chi connectivity index (χ1v) is 9.31. The number of nitrogens with zero attached hydrogens (tertiary/aromatic N) is 1. The Bertz CT molecular complexity index is 929. The van der Waals surface area contributed by atoms with Crippen molar-refractivity contribution in [3.8, 4) is 12.0 Å². The van der Waals surface area contributed by atoms with Crippen LogP contribution in [0.3, 0.4) is 0 Å². The predicted molar refractivity (Wildman–Crippen MR) is 105 cm³/mol. The molecule has 4 nitrogen and oxygen atoms in total. The molecule has 0 radical (unpaired) electrons. The Kier molecular flexibility index (Phi) is 5.86. The number of nitro benzene ring substituents is 1. The first-order chi connectivity index (χ1) is 12.7. The molecule has 0 bridgehead atoms. The third-order valence-electron chi connectivity index (χ3n) is 3.48. The summed E-state index contributed by atoms with van der Waals surface area (Å²) in [6.45, 7) is 0. The summed E-state index contributed by atoms with van der Waals surface area (Å²) in [5.41, 5.74) is 0.00703. The average Bonchev–Trinajstić information content (AvgIpc) is 2.67. The van der Waals surface area contributed by atoms with E-state index in [1.54, 1.807) is 6.07 Å². The molecular weight excluding hydrogens is 369 g/mol. The van der Waals surface area contributed by atoms with Gasteiger partial charge in [-0.15, -0.1) is 0 Å². The van der Waals surface area contributed by atoms with Crippen molar-refractivity contribution in [3.05, 3.63) is 99.6 Å². The van der Waals surface area contributed by atoms with E-state index in [0.717, 1.165) is 10.6 Å². The molecule has 0 aliphatic rings. The second kappa shape index (κ2) is 8.49. The molecule has 0 saturated heterocycles. The number of hydrogen-bond donors (Lipinski definition) is 0. The lowest BCUT2D eigenvalue weighted by Gasteiger charge is -2.14. The Morgan fingerprint density at radius 3 is 2.00 bits per heavy atom. The normalized spacial score (nSPS) is 10.1. The van der Waals surface area contributed by atoms with E-state index in [9.17, 15) is 10.1 Å². The van der Waals surface area contributed by atoms with Crippen molar-refractivity contribution >= 4 is 36.0 Å². The molecule has 3 aromatic rings. The molecule has 3 aromatic carbocycles. The molecule has 0 amide bonds. The Morgan fingerprint density at radius 2 is 1.46 bits per heavy atom. The third kappa shape index (κ3) is 4.21. The van der Waals surface area contributed by atoms with Gasteiger partial charge in [-0.2, -0.15) is 0 Å². The van der Waals surface area contributed by atoms with E-state index in [1.165, 1.54) is 12.1 Å². The summed E-state index contributed by atoms with van der Waals surface area (Å²) < 4.78 is 5.83. The Hall–Kier alpha value is -2.86. The fraction of sp³-hybridized carbons (Fsp3) is 0. The molecule has 3 rings (SSSR count). The van der Waals surface area contributed by atoms with Crippen molar-refractivity contribution in [1.29, 1.82) is 0 Å². The van der Waals surface area contributed by atoms with E-state index >= 15 is 0 Å². The maximum Gasteiger partial charge on any atom is 0.286 e. The molecule has 0 saturated carbocycles. The van der Waals surface area contributed by atoms with Crippen LogP contribution in [-0.2, 0) is 4.52 Å². The highest BCUT2D eigenvalue weighted by atomic mass is 35.5. The Balaban J connectivity index is 1.94. The molecule has 0 heterocycles. The van der Waals surface area contributed by atoms with Gasteiger partial charge in [-0.1, -0.05) is 78.3 Å². The maximum absolute atomic E-state index is 11.2. The molecule has 0 N–H and O–H groups in total. The number of nitro groups is 1. The van der Waals surface area contributed by atoms with Crippen LogP contribution in [0.1, 0.15) is 5.56 Å². The van der Waals surface area contributed by atoms with Crippen LogP contribution < -0.4 is 10.6 Å². The minimum absolute atomic E-state index is 0.141. The first kappa shape index (κ1) is 17.9. The van der Waals surface area contributed by atoms with Crippen LogP contribution in [-0.4, -0.2) is 4.92 Å². The first-order valence-electron chi connectivity index (χ1n) is 7.68. The summed E-state index contributed by atoms with van der Waals surface area (Å²) in [5.74, 6) is 2.70. The smallest absolute Gasteiger partial charge is 0.286 e. The summed E-state index contributed by atoms with van der Waals surface area (Å²) >= 11 is 6.07. The minimum atomic E-state index is -1.17. The van der Waals surface area contributed by atoms with Gasteiger partial charge in [-0.25, -0.2) is 0 Å². The van der Waals surface area contributed by atoms with Crippen LogP contribution in [0.5, 0.6) is 0 Å². The monoisotopic (exact) mass is 381 g/mol. The van der Waals surface area contributed by atoms with Crippen molar-refractivity contribution < 1.29 is 9.45 Å². The standard InChI is InChI=1S/C20H13ClNO3P/c21-19-12-7-13-20(22(23)24)18(19)14-15-25-26(16-8-3-1-4-9-16)17-10-5-2-6-11-17/h1-13H. The zero-order valence-corrected chi connectivity index (χ0v) is 15.2. The highest BCUT2D eigenvalue weighted by Crippen LogP contribution is 2.34. The van der Waals surface area contributed by atoms with Gasteiger partial charge in [0.1, 0.15) is 11.7 Å². The maximum atomic E-state index is 11.2. The molecule has 0 aromatic heterocycles. The zero-order valence-electron chi connectivity index (χ0n) is 13.5. The zero-order chi connectivity index (χ0) is 18.4. The number of halogens is 1. The molecule has 0 fully saturated rings. The van der Waals surface area contributed by atoms with E-state index in [0.29, 0.717) is 0 Å². The summed E-state index contributed by atoms with van der Waals surface area (Å²) in [6.07, 6.45) is 2.62. The van der Waals surface area contributed by atoms with Crippen molar-refractivity contribution in [2.75, 3.05) is 0 Å². The Labute approximate surface area is 157 Å². The van der Waals surface area contributed by atoms with Gasteiger partial charge in [0.15, 0.2) is 8.15 Å². The molecule has 128 valence electrons. The Morgan fingerprint density at radius 1 is 0.885 bits per heavy atom. The fourth-order valence-electron chi connectivity index (χ4n) is 2.29. The van der Waals surface area contributed by atoms with E-state index in [-0.39, 0.29) is 16.3 Å². The van der Waals surface area contributed by atoms with Gasteiger partial charge in [0.25, 0.3) is 5.69 Å². The second-order valence-electron chi connectivity index (χ2n) is 5.17. The highest BCUT2D eigenvalue weighted by molar-refractivity contribution is 7.68. The van der Waals surface area contributed by atoms with Crippen LogP contribution in [0, 0.1) is 22.1 Å². The SMILES string of the molecule is O=[N+]([O-])c1cccc(Cl)c1C#COP(c1ccccc1)c1ccccc1. The molecule has 0 atom stereocenters. The fourth-order valence-corrected chi connectivity index (χ4v) is 4.04. The summed E-state index contributed by atoms with van der Waals surface area (Å²) in [6, 6.07) is 23.9. The van der Waals surface area contributed by atoms with Crippen LogP contribution >= 0.6 is 19.7 Å². The van der Waals surface area contributed by atoms with Crippen molar-refractivity contribution in [2.24, 2.45) is 0 Å². The number of rotatable bonds is 4. The largest absolute Gasteiger partial charge is 0.416 e. The van der Waals surface area contributed by atoms with Gasteiger partial charge in [-0.3, -0.25) is 10.1 Å². The van der Waals surface area contributed by atoms with Gasteiger partial charge in [-0.05, 0) is 12.0 Å². The van der Waals surface area contributed by atoms with E-state index in [1.807, 2.05) is 60.7 Å². The quantitative estimate of drug-likeness (QED) is 0.287. The van der Waals surface area contributed by atoms with Crippen LogP contribution in [0.2, 0.25) is 5.02 Å². The van der Waals surface area contributed by atoms with Crippen LogP contribution in [0.4, 0.5) is 5.69 Å². The minimum Gasteiger partial charge on any atom is -0.416 e. The molecule has 0 unspecified atom stereocenters. The summed E-state index contributed by atoms with van der Waals surface area (Å²) in [5, 5.41) is 13.4. The average molecular weight is 382 g/mol. The number of benzene rings is 3. The van der Waals surface area contributed by atoms with Crippen LogP contribution in [0.25, 0.3) is 0 Å². The lowest BCUT2D eigenvalue weighted by molar-refractivity contribution is -0.385. The molecule has 0 aliphatic carbocycles. The predicted octanol–water partition coefficient (Wildman–Crippen LogP) is 4.62. The lowest BCUT2D eigenvalue weighted by Crippen LogP contribution is -2.12. The molecule has 0 spiro atoms. The van der Waals surface area contributed by atoms with Crippen molar-refractivity contribution in [2.45, 2.75) is 0 Å². The van der Waals surface area contributed by atoms with Gasteiger partial charge in [0.2, 0.25) is 0 Å². The van der Waals surface area contributed by atoms with E-state index < -0.39 is 13.1 Å². The summed E-state index contributed by atoms with van der Waals surface area (Å²) in [7, 11) is -1.17. The topological polar surface area (TPSA) is 52.4 Å². The third-order valence-corrected chi connectivity index (χ3v) is 5.61. The van der Waals surface area contributed by atoms with Crippen LogP contribution in [0.15, 0.2) is 78.9 Å². The summed E-state index contributed by atoms with van der Waals surface area (Å²) in [4.78, 5) is 10.6.